The molecule has 0 radical (unpaired) electrons. The molecule has 0 saturated carbocycles. The van der Waals surface area contributed by atoms with E-state index in [2.05, 4.69) is 67.6 Å². The van der Waals surface area contributed by atoms with Gasteiger partial charge in [0.25, 0.3) is 0 Å². The van der Waals surface area contributed by atoms with Gasteiger partial charge in [0.15, 0.2) is 0 Å². The first-order chi connectivity index (χ1) is 13.4. The van der Waals surface area contributed by atoms with Gasteiger partial charge in [0.2, 0.25) is 0 Å². The van der Waals surface area contributed by atoms with E-state index in [0.717, 1.165) is 13.1 Å². The largest absolute Gasteiger partial charge is 1.00 e. The van der Waals surface area contributed by atoms with Crippen molar-refractivity contribution in [3.05, 3.63) is 71.8 Å². The van der Waals surface area contributed by atoms with Crippen molar-refractivity contribution in [1.82, 2.24) is 0 Å². The maximum absolute atomic E-state index is 2.29. The molecule has 2 rings (SSSR count). The van der Waals surface area contributed by atoms with Gasteiger partial charge in [0.1, 0.15) is 13.1 Å². The minimum Gasteiger partial charge on any atom is -1.00 e. The van der Waals surface area contributed by atoms with Crippen molar-refractivity contribution < 1.29 is 17.3 Å². The molecule has 1 N–H and O–H groups in total. The second-order valence-electron chi connectivity index (χ2n) is 8.01. The van der Waals surface area contributed by atoms with E-state index < -0.39 is 0 Å². The predicted octanol–water partition coefficient (Wildman–Crippen LogP) is 3.20. The number of hydrogen-bond acceptors (Lipinski definition) is 0. The van der Waals surface area contributed by atoms with Crippen LogP contribution in [0.1, 0.15) is 82.3 Å². The minimum atomic E-state index is 0. The summed E-state index contributed by atoms with van der Waals surface area (Å²) < 4.78 is 0. The van der Waals surface area contributed by atoms with Crippen LogP contribution in [0, 0.1) is 0 Å². The Balaban J connectivity index is 0.00000392. The highest BCUT2D eigenvalue weighted by Gasteiger charge is 2.10. The molecule has 156 valence electrons. The normalized spacial score (nSPS) is 10.8. The van der Waals surface area contributed by atoms with Gasteiger partial charge in [-0.3, -0.25) is 0 Å². The summed E-state index contributed by atoms with van der Waals surface area (Å²) in [4.78, 5) is 1.69. The fourth-order valence-corrected chi connectivity index (χ4v) is 3.87. The lowest BCUT2D eigenvalue weighted by Gasteiger charge is -2.20. The molecule has 0 aromatic heterocycles. The predicted molar refractivity (Wildman–Crippen MR) is 118 cm³/mol. The molecule has 2 aromatic carbocycles. The number of unbranched alkanes of at least 4 members (excludes halogenated alkanes) is 9. The van der Waals surface area contributed by atoms with E-state index in [4.69, 9.17) is 0 Å². The van der Waals surface area contributed by atoms with E-state index in [1.54, 1.807) is 4.90 Å². The maximum atomic E-state index is 2.29. The summed E-state index contributed by atoms with van der Waals surface area (Å²) in [6.45, 7) is 5.83. The number of nitrogens with one attached hydrogen (secondary N) is 1. The average molecular weight is 402 g/mol. The topological polar surface area (TPSA) is 4.44 Å². The number of halogens is 1. The van der Waals surface area contributed by atoms with Crippen LogP contribution in [-0.2, 0) is 13.1 Å². The zero-order chi connectivity index (χ0) is 19.0. The first kappa shape index (κ1) is 24.7. The van der Waals surface area contributed by atoms with Gasteiger partial charge in [-0.2, -0.15) is 0 Å². The zero-order valence-corrected chi connectivity index (χ0v) is 18.6. The Morgan fingerprint density at radius 3 is 1.36 bits per heavy atom. The molecule has 0 fully saturated rings. The van der Waals surface area contributed by atoms with Crippen molar-refractivity contribution >= 4 is 0 Å². The van der Waals surface area contributed by atoms with Crippen molar-refractivity contribution in [3.8, 4) is 0 Å². The molecule has 2 heteroatoms. The average Bonchev–Trinajstić information content (AvgIpc) is 2.71. The molecular formula is C26H40ClN. The molecular weight excluding hydrogens is 362 g/mol. The van der Waals surface area contributed by atoms with Crippen LogP contribution in [0.25, 0.3) is 0 Å². The Hall–Kier alpha value is -1.31. The quantitative estimate of drug-likeness (QED) is 0.437. The van der Waals surface area contributed by atoms with Gasteiger partial charge >= 0.3 is 0 Å². The molecule has 0 heterocycles. The molecule has 0 amide bonds. The molecule has 0 unspecified atom stereocenters. The summed E-state index contributed by atoms with van der Waals surface area (Å²) in [6, 6.07) is 21.9. The number of rotatable bonds is 15. The Labute approximate surface area is 180 Å². The highest BCUT2D eigenvalue weighted by atomic mass is 35.5. The number of benzene rings is 2. The van der Waals surface area contributed by atoms with Gasteiger partial charge in [0.05, 0.1) is 6.54 Å². The Morgan fingerprint density at radius 1 is 0.536 bits per heavy atom. The molecule has 0 aliphatic rings. The molecule has 2 aromatic rings. The van der Waals surface area contributed by atoms with Crippen LogP contribution in [0.4, 0.5) is 0 Å². The van der Waals surface area contributed by atoms with Crippen molar-refractivity contribution in [3.63, 3.8) is 0 Å². The standard InChI is InChI=1S/C26H39N.ClH/c1-2-3-4-5-6-7-8-9-10-17-22-27(23-25-18-13-11-14-19-25)24-26-20-15-12-16-21-26;/h11-16,18-21H,2-10,17,22-24H2,1H3;1H. The third-order valence-corrected chi connectivity index (χ3v) is 5.48. The second-order valence-corrected chi connectivity index (χ2v) is 8.01. The number of quaternary nitrogens is 1. The summed E-state index contributed by atoms with van der Waals surface area (Å²) in [7, 11) is 0. The summed E-state index contributed by atoms with van der Waals surface area (Å²) in [5.74, 6) is 0. The van der Waals surface area contributed by atoms with Crippen LogP contribution in [0.3, 0.4) is 0 Å². The molecule has 0 saturated heterocycles. The van der Waals surface area contributed by atoms with Crippen molar-refractivity contribution in [1.29, 1.82) is 0 Å². The SMILES string of the molecule is CCCCCCCCCCCC[NH+](Cc1ccccc1)Cc1ccccc1.[Cl-]. The van der Waals surface area contributed by atoms with E-state index in [1.807, 2.05) is 0 Å². The number of hydrogen-bond donors (Lipinski definition) is 1. The lowest BCUT2D eigenvalue weighted by atomic mass is 10.1. The fraction of sp³-hybridized carbons (Fsp3) is 0.538. The van der Waals surface area contributed by atoms with Crippen molar-refractivity contribution in [2.45, 2.75) is 84.2 Å². The smallest absolute Gasteiger partial charge is 0.103 e. The van der Waals surface area contributed by atoms with E-state index in [1.165, 1.54) is 81.9 Å². The first-order valence-electron chi connectivity index (χ1n) is 11.3. The van der Waals surface area contributed by atoms with E-state index >= 15 is 0 Å². The third-order valence-electron chi connectivity index (χ3n) is 5.48. The summed E-state index contributed by atoms with van der Waals surface area (Å²) in [5, 5.41) is 0. The molecule has 0 aliphatic heterocycles. The molecule has 1 nitrogen and oxygen atoms in total. The van der Waals surface area contributed by atoms with Crippen molar-refractivity contribution in [2.75, 3.05) is 6.54 Å². The molecule has 0 atom stereocenters. The molecule has 0 aliphatic carbocycles. The van der Waals surface area contributed by atoms with Crippen molar-refractivity contribution in [2.24, 2.45) is 0 Å². The molecule has 0 spiro atoms. The summed E-state index contributed by atoms with van der Waals surface area (Å²) >= 11 is 0. The van der Waals surface area contributed by atoms with Crippen LogP contribution >= 0.6 is 0 Å². The second kappa shape index (κ2) is 16.6. The van der Waals surface area contributed by atoms with E-state index in [9.17, 15) is 0 Å². The van der Waals surface area contributed by atoms with Gasteiger partial charge in [-0.05, 0) is 12.8 Å². The van der Waals surface area contributed by atoms with Crippen LogP contribution in [0.5, 0.6) is 0 Å². The maximum Gasteiger partial charge on any atom is 0.103 e. The van der Waals surface area contributed by atoms with Gasteiger partial charge in [-0.1, -0.05) is 119 Å². The van der Waals surface area contributed by atoms with E-state index in [-0.39, 0.29) is 12.4 Å². The summed E-state index contributed by atoms with van der Waals surface area (Å²) in [6.07, 6.45) is 14.1. The van der Waals surface area contributed by atoms with Crippen LogP contribution in [0.2, 0.25) is 0 Å². The Kier molecular flexibility index (Phi) is 14.7. The first-order valence-corrected chi connectivity index (χ1v) is 11.3. The van der Waals surface area contributed by atoms with Crippen LogP contribution in [-0.4, -0.2) is 6.54 Å². The Bertz CT molecular complexity index is 528. The highest BCUT2D eigenvalue weighted by molar-refractivity contribution is 5.14. The van der Waals surface area contributed by atoms with E-state index in [0.29, 0.717) is 0 Å². The van der Waals surface area contributed by atoms with Gasteiger partial charge in [0, 0.05) is 11.1 Å². The monoisotopic (exact) mass is 401 g/mol. The van der Waals surface area contributed by atoms with Gasteiger partial charge < -0.3 is 17.3 Å². The van der Waals surface area contributed by atoms with Gasteiger partial charge in [-0.25, -0.2) is 0 Å². The fourth-order valence-electron chi connectivity index (χ4n) is 3.87. The van der Waals surface area contributed by atoms with Gasteiger partial charge in [-0.15, -0.1) is 0 Å². The highest BCUT2D eigenvalue weighted by Crippen LogP contribution is 2.10. The molecule has 0 bridgehead atoms. The lowest BCUT2D eigenvalue weighted by molar-refractivity contribution is -0.927. The lowest BCUT2D eigenvalue weighted by Crippen LogP contribution is -3.09. The Morgan fingerprint density at radius 2 is 0.929 bits per heavy atom. The van der Waals surface area contributed by atoms with Crippen LogP contribution < -0.4 is 17.3 Å². The summed E-state index contributed by atoms with van der Waals surface area (Å²) in [5.41, 5.74) is 2.91. The molecule has 28 heavy (non-hydrogen) atoms. The van der Waals surface area contributed by atoms with Crippen LogP contribution in [0.15, 0.2) is 60.7 Å². The zero-order valence-electron chi connectivity index (χ0n) is 17.8. The minimum absolute atomic E-state index is 0. The third kappa shape index (κ3) is 11.5.